The van der Waals surface area contributed by atoms with E-state index in [4.69, 9.17) is 5.73 Å². The van der Waals surface area contributed by atoms with Crippen LogP contribution in [0, 0.1) is 5.41 Å². The standard InChI is InChI=1S/C12H18N2O2S/c1-2-12(7-8-12)9-14-17(15,16)11-6-4-3-5-10(11)13/h3-6,14H,2,7-9,13H2,1H3. The molecule has 1 aliphatic rings. The molecule has 0 saturated heterocycles. The summed E-state index contributed by atoms with van der Waals surface area (Å²) in [6, 6.07) is 6.53. The van der Waals surface area contributed by atoms with Gasteiger partial charge in [-0.1, -0.05) is 19.1 Å². The summed E-state index contributed by atoms with van der Waals surface area (Å²) >= 11 is 0. The molecule has 1 fully saturated rings. The summed E-state index contributed by atoms with van der Waals surface area (Å²) in [5.74, 6) is 0. The van der Waals surface area contributed by atoms with Crippen LogP contribution in [0.5, 0.6) is 0 Å². The lowest BCUT2D eigenvalue weighted by molar-refractivity contribution is 0.476. The second-order valence-corrected chi connectivity index (χ2v) is 6.45. The topological polar surface area (TPSA) is 72.2 Å². The molecule has 1 aromatic carbocycles. The molecule has 94 valence electrons. The zero-order valence-electron chi connectivity index (χ0n) is 9.94. The fraction of sp³-hybridized carbons (Fsp3) is 0.500. The molecule has 0 spiro atoms. The molecule has 1 saturated carbocycles. The van der Waals surface area contributed by atoms with Gasteiger partial charge in [-0.15, -0.1) is 0 Å². The zero-order valence-corrected chi connectivity index (χ0v) is 10.8. The first kappa shape index (κ1) is 12.4. The number of hydrogen-bond donors (Lipinski definition) is 2. The van der Waals surface area contributed by atoms with Gasteiger partial charge in [0.1, 0.15) is 4.90 Å². The minimum Gasteiger partial charge on any atom is -0.398 e. The lowest BCUT2D eigenvalue weighted by Crippen LogP contribution is -2.30. The maximum Gasteiger partial charge on any atom is 0.242 e. The Balaban J connectivity index is 2.12. The number of hydrogen-bond acceptors (Lipinski definition) is 3. The summed E-state index contributed by atoms with van der Waals surface area (Å²) in [5.41, 5.74) is 6.16. The maximum absolute atomic E-state index is 12.1. The molecular formula is C12H18N2O2S. The maximum atomic E-state index is 12.1. The smallest absolute Gasteiger partial charge is 0.242 e. The van der Waals surface area contributed by atoms with Crippen LogP contribution in [0.1, 0.15) is 26.2 Å². The highest BCUT2D eigenvalue weighted by molar-refractivity contribution is 7.89. The van der Waals surface area contributed by atoms with Crippen LogP contribution in [0.4, 0.5) is 5.69 Å². The van der Waals surface area contributed by atoms with E-state index in [1.54, 1.807) is 18.2 Å². The van der Waals surface area contributed by atoms with Crippen molar-refractivity contribution in [2.24, 2.45) is 5.41 Å². The van der Waals surface area contributed by atoms with E-state index < -0.39 is 10.0 Å². The van der Waals surface area contributed by atoms with Gasteiger partial charge in [0, 0.05) is 6.54 Å². The van der Waals surface area contributed by atoms with Crippen LogP contribution in [0.15, 0.2) is 29.2 Å². The van der Waals surface area contributed by atoms with Gasteiger partial charge in [-0.3, -0.25) is 0 Å². The van der Waals surface area contributed by atoms with E-state index in [1.165, 1.54) is 6.07 Å². The number of para-hydroxylation sites is 1. The third-order valence-electron chi connectivity index (χ3n) is 3.55. The third-order valence-corrected chi connectivity index (χ3v) is 5.03. The molecule has 0 amide bonds. The quantitative estimate of drug-likeness (QED) is 0.786. The molecule has 2 rings (SSSR count). The van der Waals surface area contributed by atoms with E-state index in [2.05, 4.69) is 11.6 Å². The minimum absolute atomic E-state index is 0.173. The van der Waals surface area contributed by atoms with Gasteiger partial charge >= 0.3 is 0 Å². The van der Waals surface area contributed by atoms with E-state index in [9.17, 15) is 8.42 Å². The fourth-order valence-electron chi connectivity index (χ4n) is 1.88. The Labute approximate surface area is 102 Å². The third kappa shape index (κ3) is 2.61. The van der Waals surface area contributed by atoms with E-state index in [-0.39, 0.29) is 10.3 Å². The van der Waals surface area contributed by atoms with Gasteiger partial charge in [-0.25, -0.2) is 13.1 Å². The van der Waals surface area contributed by atoms with Gasteiger partial charge in [0.05, 0.1) is 5.69 Å². The van der Waals surface area contributed by atoms with E-state index in [0.717, 1.165) is 19.3 Å². The number of nitrogens with one attached hydrogen (secondary N) is 1. The van der Waals surface area contributed by atoms with Crippen molar-refractivity contribution in [3.05, 3.63) is 24.3 Å². The predicted molar refractivity (Wildman–Crippen MR) is 68.0 cm³/mol. The van der Waals surface area contributed by atoms with Crippen LogP contribution in [0.2, 0.25) is 0 Å². The molecule has 0 radical (unpaired) electrons. The second kappa shape index (κ2) is 4.31. The van der Waals surface area contributed by atoms with Crippen molar-refractivity contribution in [1.29, 1.82) is 0 Å². The van der Waals surface area contributed by atoms with E-state index in [1.807, 2.05) is 0 Å². The Bertz CT molecular complexity index is 507. The number of nitrogen functional groups attached to an aromatic ring is 1. The second-order valence-electron chi connectivity index (χ2n) is 4.72. The molecule has 4 nitrogen and oxygen atoms in total. The largest absolute Gasteiger partial charge is 0.398 e. The highest BCUT2D eigenvalue weighted by Gasteiger charge is 2.41. The fourth-order valence-corrected chi connectivity index (χ4v) is 3.17. The van der Waals surface area contributed by atoms with Gasteiger partial charge in [0.25, 0.3) is 0 Å². The molecule has 1 aromatic rings. The van der Waals surface area contributed by atoms with Crippen molar-refractivity contribution in [1.82, 2.24) is 4.72 Å². The first-order chi connectivity index (χ1) is 7.99. The van der Waals surface area contributed by atoms with E-state index >= 15 is 0 Å². The van der Waals surface area contributed by atoms with Crippen molar-refractivity contribution in [3.8, 4) is 0 Å². The number of benzene rings is 1. The Morgan fingerprint density at radius 1 is 1.35 bits per heavy atom. The Kier molecular flexibility index (Phi) is 3.14. The summed E-state index contributed by atoms with van der Waals surface area (Å²) in [4.78, 5) is 0.173. The molecule has 5 heteroatoms. The summed E-state index contributed by atoms with van der Waals surface area (Å²) in [7, 11) is -3.47. The molecule has 0 heterocycles. The summed E-state index contributed by atoms with van der Waals surface area (Å²) in [6.07, 6.45) is 3.23. The van der Waals surface area contributed by atoms with Gasteiger partial charge in [-0.2, -0.15) is 0 Å². The average Bonchev–Trinajstić information content (AvgIpc) is 3.08. The van der Waals surface area contributed by atoms with Crippen molar-refractivity contribution in [3.63, 3.8) is 0 Å². The summed E-state index contributed by atoms with van der Waals surface area (Å²) in [6.45, 7) is 2.61. The van der Waals surface area contributed by atoms with Gasteiger partial charge < -0.3 is 5.73 Å². The Hall–Kier alpha value is -1.07. The molecule has 1 aliphatic carbocycles. The molecule has 0 aliphatic heterocycles. The van der Waals surface area contributed by atoms with Gasteiger partial charge in [-0.05, 0) is 36.8 Å². The average molecular weight is 254 g/mol. The van der Waals surface area contributed by atoms with Crippen molar-refractivity contribution >= 4 is 15.7 Å². The predicted octanol–water partition coefficient (Wildman–Crippen LogP) is 1.74. The Morgan fingerprint density at radius 2 is 2.00 bits per heavy atom. The zero-order chi connectivity index (χ0) is 12.5. The number of nitrogens with two attached hydrogens (primary N) is 1. The van der Waals surface area contributed by atoms with Crippen molar-refractivity contribution in [2.75, 3.05) is 12.3 Å². The van der Waals surface area contributed by atoms with Crippen molar-refractivity contribution < 1.29 is 8.42 Å². The molecule has 0 aromatic heterocycles. The first-order valence-electron chi connectivity index (χ1n) is 5.83. The van der Waals surface area contributed by atoms with Crippen LogP contribution in [-0.2, 0) is 10.0 Å². The molecule has 17 heavy (non-hydrogen) atoms. The summed E-state index contributed by atoms with van der Waals surface area (Å²) in [5, 5.41) is 0. The molecule has 0 unspecified atom stereocenters. The number of sulfonamides is 1. The van der Waals surface area contributed by atoms with Crippen LogP contribution >= 0.6 is 0 Å². The van der Waals surface area contributed by atoms with Gasteiger partial charge in [0.2, 0.25) is 10.0 Å². The first-order valence-corrected chi connectivity index (χ1v) is 7.32. The Morgan fingerprint density at radius 3 is 2.53 bits per heavy atom. The van der Waals surface area contributed by atoms with Crippen molar-refractivity contribution in [2.45, 2.75) is 31.1 Å². The molecule has 3 N–H and O–H groups in total. The SMILES string of the molecule is CCC1(CNS(=O)(=O)c2ccccc2N)CC1. The van der Waals surface area contributed by atoms with E-state index in [0.29, 0.717) is 12.2 Å². The van der Waals surface area contributed by atoms with Crippen LogP contribution in [-0.4, -0.2) is 15.0 Å². The number of rotatable bonds is 5. The van der Waals surface area contributed by atoms with Gasteiger partial charge in [0.15, 0.2) is 0 Å². The highest BCUT2D eigenvalue weighted by atomic mass is 32.2. The van der Waals surface area contributed by atoms with Crippen LogP contribution < -0.4 is 10.5 Å². The van der Waals surface area contributed by atoms with Crippen LogP contribution in [0.3, 0.4) is 0 Å². The monoisotopic (exact) mass is 254 g/mol. The highest BCUT2D eigenvalue weighted by Crippen LogP contribution is 2.48. The number of anilines is 1. The van der Waals surface area contributed by atoms with Crippen LogP contribution in [0.25, 0.3) is 0 Å². The normalized spacial score (nSPS) is 17.9. The molecular weight excluding hydrogens is 236 g/mol. The minimum atomic E-state index is -3.47. The molecule has 0 atom stereocenters. The lowest BCUT2D eigenvalue weighted by Gasteiger charge is -2.14. The lowest BCUT2D eigenvalue weighted by atomic mass is 10.1. The molecule has 0 bridgehead atoms. The summed E-state index contributed by atoms with van der Waals surface area (Å²) < 4.78 is 26.8.